The molecule has 2 rings (SSSR count). The Hall–Kier alpha value is -0.820. The van der Waals surface area contributed by atoms with Crippen LogP contribution in [-0.2, 0) is 0 Å². The molecule has 0 amide bonds. The largest absolute Gasteiger partial charge is 0.310 e. The third kappa shape index (κ3) is 2.77. The smallest absolute Gasteiger partial charge is 0.0371 e. The third-order valence-corrected chi connectivity index (χ3v) is 4.13. The minimum atomic E-state index is 0.260. The minimum absolute atomic E-state index is 0.260. The molecular weight excluding hydrogens is 218 g/mol. The zero-order chi connectivity index (χ0) is 13.2. The van der Waals surface area contributed by atoms with E-state index in [1.165, 1.54) is 24.8 Å². The molecule has 1 aromatic carbocycles. The van der Waals surface area contributed by atoms with E-state index < -0.39 is 0 Å². The van der Waals surface area contributed by atoms with Crippen molar-refractivity contribution in [3.05, 3.63) is 35.4 Å². The lowest BCUT2D eigenvalue weighted by Gasteiger charge is -2.36. The first-order chi connectivity index (χ1) is 8.54. The fourth-order valence-electron chi connectivity index (χ4n) is 2.95. The molecule has 18 heavy (non-hydrogen) atoms. The van der Waals surface area contributed by atoms with Crippen LogP contribution in [0.1, 0.15) is 70.0 Å². The van der Waals surface area contributed by atoms with Gasteiger partial charge in [-0.3, -0.25) is 0 Å². The van der Waals surface area contributed by atoms with Crippen LogP contribution < -0.4 is 5.32 Å². The minimum Gasteiger partial charge on any atom is -0.310 e. The summed E-state index contributed by atoms with van der Waals surface area (Å²) in [5, 5.41) is 3.68. The van der Waals surface area contributed by atoms with Gasteiger partial charge in [-0.05, 0) is 41.8 Å². The van der Waals surface area contributed by atoms with Gasteiger partial charge in [-0.1, -0.05) is 58.4 Å². The van der Waals surface area contributed by atoms with Crippen molar-refractivity contribution in [3.8, 4) is 0 Å². The van der Waals surface area contributed by atoms with Crippen molar-refractivity contribution in [1.82, 2.24) is 5.32 Å². The van der Waals surface area contributed by atoms with Crippen molar-refractivity contribution in [3.63, 3.8) is 0 Å². The first-order valence-corrected chi connectivity index (χ1v) is 7.36. The Bertz CT molecular complexity index is 385. The van der Waals surface area contributed by atoms with Crippen LogP contribution in [0.5, 0.6) is 0 Å². The zero-order valence-corrected chi connectivity index (χ0v) is 12.3. The lowest BCUT2D eigenvalue weighted by molar-refractivity contribution is 0.272. The number of rotatable bonds is 4. The van der Waals surface area contributed by atoms with Gasteiger partial charge in [-0.25, -0.2) is 0 Å². The second-order valence-corrected chi connectivity index (χ2v) is 6.61. The molecule has 1 heteroatoms. The molecule has 0 radical (unpaired) electrons. The van der Waals surface area contributed by atoms with Crippen molar-refractivity contribution >= 4 is 0 Å². The summed E-state index contributed by atoms with van der Waals surface area (Å²) in [6.07, 6.45) is 4.15. The normalized spacial score (nSPS) is 18.4. The van der Waals surface area contributed by atoms with Crippen LogP contribution in [0.3, 0.4) is 0 Å². The molecule has 0 aromatic heterocycles. The van der Waals surface area contributed by atoms with Crippen LogP contribution in [0.2, 0.25) is 0 Å². The maximum Gasteiger partial charge on any atom is 0.0371 e. The van der Waals surface area contributed by atoms with Crippen molar-refractivity contribution < 1.29 is 0 Å². The van der Waals surface area contributed by atoms with Crippen molar-refractivity contribution in [2.45, 2.75) is 58.9 Å². The van der Waals surface area contributed by atoms with Gasteiger partial charge < -0.3 is 5.32 Å². The van der Waals surface area contributed by atoms with Gasteiger partial charge >= 0.3 is 0 Å². The predicted molar refractivity (Wildman–Crippen MR) is 78.9 cm³/mol. The summed E-state index contributed by atoms with van der Waals surface area (Å²) in [5.74, 6) is 0.810. The van der Waals surface area contributed by atoms with E-state index >= 15 is 0 Å². The molecule has 1 unspecified atom stereocenters. The Balaban J connectivity index is 2.34. The third-order valence-electron chi connectivity index (χ3n) is 4.13. The number of benzene rings is 1. The van der Waals surface area contributed by atoms with E-state index in [0.717, 1.165) is 12.5 Å². The Kier molecular flexibility index (Phi) is 4.11. The van der Waals surface area contributed by atoms with Crippen LogP contribution in [-0.4, -0.2) is 6.54 Å². The standard InChI is InChI=1S/C17H27N/c1-5-18-16(17(2,3)4)15-12-7-6-11-14(15)13-9-8-10-13/h6-7,11-13,16,18H,5,8-10H2,1-4H3. The SMILES string of the molecule is CCNC(c1ccccc1C1CCC1)C(C)(C)C. The lowest BCUT2D eigenvalue weighted by atomic mass is 9.73. The maximum absolute atomic E-state index is 3.68. The molecule has 1 fully saturated rings. The molecule has 0 saturated heterocycles. The summed E-state index contributed by atoms with van der Waals surface area (Å²) in [6.45, 7) is 10.2. The summed E-state index contributed by atoms with van der Waals surface area (Å²) >= 11 is 0. The van der Waals surface area contributed by atoms with Gasteiger partial charge in [0.25, 0.3) is 0 Å². The first-order valence-electron chi connectivity index (χ1n) is 7.36. The highest BCUT2D eigenvalue weighted by Gasteiger charge is 2.30. The van der Waals surface area contributed by atoms with Gasteiger partial charge in [0.2, 0.25) is 0 Å². The zero-order valence-electron chi connectivity index (χ0n) is 12.3. The van der Waals surface area contributed by atoms with Gasteiger partial charge in [0.05, 0.1) is 0 Å². The second kappa shape index (κ2) is 5.44. The summed E-state index contributed by atoms with van der Waals surface area (Å²) in [7, 11) is 0. The van der Waals surface area contributed by atoms with E-state index in [1.807, 2.05) is 0 Å². The summed E-state index contributed by atoms with van der Waals surface area (Å²) in [6, 6.07) is 9.51. The number of hydrogen-bond donors (Lipinski definition) is 1. The quantitative estimate of drug-likeness (QED) is 0.814. The van der Waals surface area contributed by atoms with E-state index in [0.29, 0.717) is 6.04 Å². The molecule has 1 saturated carbocycles. The molecule has 0 aliphatic heterocycles. The Morgan fingerprint density at radius 3 is 2.39 bits per heavy atom. The van der Waals surface area contributed by atoms with Crippen LogP contribution in [0.15, 0.2) is 24.3 Å². The molecule has 0 bridgehead atoms. The second-order valence-electron chi connectivity index (χ2n) is 6.61. The molecule has 1 aromatic rings. The van der Waals surface area contributed by atoms with Crippen LogP contribution in [0.25, 0.3) is 0 Å². The average molecular weight is 245 g/mol. The van der Waals surface area contributed by atoms with Crippen LogP contribution in [0, 0.1) is 5.41 Å². The molecule has 0 heterocycles. The van der Waals surface area contributed by atoms with Crippen LogP contribution in [0.4, 0.5) is 0 Å². The molecule has 1 atom stereocenters. The molecule has 1 aliphatic rings. The van der Waals surface area contributed by atoms with E-state index in [2.05, 4.69) is 57.3 Å². The van der Waals surface area contributed by atoms with Crippen molar-refractivity contribution in [2.24, 2.45) is 5.41 Å². The van der Waals surface area contributed by atoms with Gasteiger partial charge in [-0.2, -0.15) is 0 Å². The molecule has 1 N–H and O–H groups in total. The van der Waals surface area contributed by atoms with Gasteiger partial charge in [0.1, 0.15) is 0 Å². The van der Waals surface area contributed by atoms with E-state index in [1.54, 1.807) is 5.56 Å². The Morgan fingerprint density at radius 2 is 1.89 bits per heavy atom. The summed E-state index contributed by atoms with van der Waals surface area (Å²) in [4.78, 5) is 0. The molecular formula is C17H27N. The van der Waals surface area contributed by atoms with Crippen LogP contribution >= 0.6 is 0 Å². The first kappa shape index (κ1) is 13.6. The fourth-order valence-corrected chi connectivity index (χ4v) is 2.95. The Labute approximate surface area is 112 Å². The average Bonchev–Trinajstić information content (AvgIpc) is 2.23. The van der Waals surface area contributed by atoms with Gasteiger partial charge in [-0.15, -0.1) is 0 Å². The van der Waals surface area contributed by atoms with Crippen molar-refractivity contribution in [2.75, 3.05) is 6.54 Å². The lowest BCUT2D eigenvalue weighted by Crippen LogP contribution is -2.33. The van der Waals surface area contributed by atoms with Gasteiger partial charge in [0.15, 0.2) is 0 Å². The van der Waals surface area contributed by atoms with Gasteiger partial charge in [0, 0.05) is 6.04 Å². The fraction of sp³-hybridized carbons (Fsp3) is 0.647. The number of hydrogen-bond acceptors (Lipinski definition) is 1. The topological polar surface area (TPSA) is 12.0 Å². The monoisotopic (exact) mass is 245 g/mol. The number of nitrogens with one attached hydrogen (secondary N) is 1. The highest BCUT2D eigenvalue weighted by molar-refractivity contribution is 5.35. The molecule has 1 aliphatic carbocycles. The molecule has 100 valence electrons. The van der Waals surface area contributed by atoms with E-state index in [9.17, 15) is 0 Å². The predicted octanol–water partition coefficient (Wildman–Crippen LogP) is 4.65. The summed E-state index contributed by atoms with van der Waals surface area (Å²) in [5.41, 5.74) is 3.37. The molecule has 0 spiro atoms. The maximum atomic E-state index is 3.68. The van der Waals surface area contributed by atoms with E-state index in [4.69, 9.17) is 0 Å². The molecule has 1 nitrogen and oxygen atoms in total. The Morgan fingerprint density at radius 1 is 1.22 bits per heavy atom. The summed E-state index contributed by atoms with van der Waals surface area (Å²) < 4.78 is 0. The van der Waals surface area contributed by atoms with Crippen molar-refractivity contribution in [1.29, 1.82) is 0 Å². The van der Waals surface area contributed by atoms with E-state index in [-0.39, 0.29) is 5.41 Å². The highest BCUT2D eigenvalue weighted by atomic mass is 14.9. The highest BCUT2D eigenvalue weighted by Crippen LogP contribution is 2.42.